The topological polar surface area (TPSA) is 78.4 Å². The molecule has 0 radical (unpaired) electrons. The van der Waals surface area contributed by atoms with Crippen molar-refractivity contribution in [3.63, 3.8) is 0 Å². The molecule has 0 aromatic carbocycles. The average molecular weight is 286 g/mol. The molecule has 0 aliphatic carbocycles. The molecule has 118 valence electrons. The minimum atomic E-state index is -0.882. The molecular weight excluding hydrogens is 256 g/mol. The number of rotatable bonds is 7. The number of nitrogens with one attached hydrogen (secondary N) is 2. The van der Waals surface area contributed by atoms with Gasteiger partial charge in [-0.05, 0) is 32.6 Å². The molecule has 1 unspecified atom stereocenters. The van der Waals surface area contributed by atoms with Gasteiger partial charge in [0.25, 0.3) is 0 Å². The van der Waals surface area contributed by atoms with Crippen LogP contribution in [0.2, 0.25) is 0 Å². The molecule has 0 saturated heterocycles. The van der Waals surface area contributed by atoms with Gasteiger partial charge in [0.05, 0.1) is 6.42 Å². The van der Waals surface area contributed by atoms with E-state index in [4.69, 9.17) is 5.11 Å². The normalized spacial score (nSPS) is 13.9. The summed E-state index contributed by atoms with van der Waals surface area (Å²) in [5, 5.41) is 15.0. The van der Waals surface area contributed by atoms with E-state index in [1.54, 1.807) is 0 Å². The molecule has 0 saturated carbocycles. The van der Waals surface area contributed by atoms with E-state index in [1.165, 1.54) is 0 Å². The quantitative estimate of drug-likeness (QED) is 0.670. The highest BCUT2D eigenvalue weighted by Gasteiger charge is 2.22. The van der Waals surface area contributed by atoms with Crippen molar-refractivity contribution in [2.75, 3.05) is 6.54 Å². The van der Waals surface area contributed by atoms with Crippen LogP contribution in [0, 0.1) is 5.41 Å². The van der Waals surface area contributed by atoms with Crippen molar-refractivity contribution in [2.45, 2.75) is 72.4 Å². The number of carboxylic acid groups (broad SMARTS) is 1. The Bertz CT molecular complexity index is 327. The van der Waals surface area contributed by atoms with E-state index in [1.807, 2.05) is 41.5 Å². The molecule has 0 heterocycles. The lowest BCUT2D eigenvalue weighted by atomic mass is 9.87. The highest BCUT2D eigenvalue weighted by Crippen LogP contribution is 2.22. The molecule has 0 aliphatic rings. The summed E-state index contributed by atoms with van der Waals surface area (Å²) in [7, 11) is 0. The van der Waals surface area contributed by atoms with Crippen LogP contribution < -0.4 is 10.6 Å². The maximum Gasteiger partial charge on any atom is 0.305 e. The molecule has 1 atom stereocenters. The lowest BCUT2D eigenvalue weighted by molar-refractivity contribution is -0.137. The summed E-state index contributed by atoms with van der Waals surface area (Å²) in [5.74, 6) is -0.982. The van der Waals surface area contributed by atoms with Crippen molar-refractivity contribution in [3.8, 4) is 0 Å². The molecule has 0 spiro atoms. The molecule has 0 aliphatic heterocycles. The van der Waals surface area contributed by atoms with Crippen LogP contribution in [0.3, 0.4) is 0 Å². The SMILES string of the molecule is CC(C)(C)CC(CC(=O)O)NC(=O)CCNC(C)(C)C. The molecule has 0 aromatic heterocycles. The highest BCUT2D eigenvalue weighted by molar-refractivity contribution is 5.77. The Morgan fingerprint density at radius 1 is 1.10 bits per heavy atom. The summed E-state index contributed by atoms with van der Waals surface area (Å²) in [6, 6.07) is -0.311. The van der Waals surface area contributed by atoms with Crippen LogP contribution in [0.25, 0.3) is 0 Å². The summed E-state index contributed by atoms with van der Waals surface area (Å²) >= 11 is 0. The Kier molecular flexibility index (Phi) is 7.20. The first kappa shape index (κ1) is 18.9. The smallest absolute Gasteiger partial charge is 0.305 e. The van der Waals surface area contributed by atoms with E-state index >= 15 is 0 Å². The lowest BCUT2D eigenvalue weighted by Gasteiger charge is -2.26. The minimum absolute atomic E-state index is 0.0168. The first-order valence-electron chi connectivity index (χ1n) is 7.15. The van der Waals surface area contributed by atoms with Crippen LogP contribution >= 0.6 is 0 Å². The predicted octanol–water partition coefficient (Wildman–Crippen LogP) is 2.16. The molecular formula is C15H30N2O3. The third-order valence-corrected chi connectivity index (χ3v) is 2.65. The second-order valence-corrected chi connectivity index (χ2v) is 7.55. The zero-order valence-electron chi connectivity index (χ0n) is 13.7. The van der Waals surface area contributed by atoms with Gasteiger partial charge in [0.2, 0.25) is 5.91 Å². The zero-order chi connectivity index (χ0) is 16.0. The maximum atomic E-state index is 11.9. The molecule has 1 amide bonds. The van der Waals surface area contributed by atoms with Crippen molar-refractivity contribution in [1.82, 2.24) is 10.6 Å². The van der Waals surface area contributed by atoms with Crippen LogP contribution in [0.15, 0.2) is 0 Å². The largest absolute Gasteiger partial charge is 0.481 e. The molecule has 3 N–H and O–H groups in total. The van der Waals surface area contributed by atoms with Gasteiger partial charge in [-0.2, -0.15) is 0 Å². The monoisotopic (exact) mass is 286 g/mol. The van der Waals surface area contributed by atoms with E-state index in [0.29, 0.717) is 19.4 Å². The van der Waals surface area contributed by atoms with Gasteiger partial charge in [-0.3, -0.25) is 9.59 Å². The first-order valence-corrected chi connectivity index (χ1v) is 7.15. The molecule has 5 heteroatoms. The minimum Gasteiger partial charge on any atom is -0.481 e. The van der Waals surface area contributed by atoms with Gasteiger partial charge in [-0.15, -0.1) is 0 Å². The van der Waals surface area contributed by atoms with Crippen molar-refractivity contribution in [3.05, 3.63) is 0 Å². The van der Waals surface area contributed by atoms with Crippen LogP contribution in [-0.2, 0) is 9.59 Å². The van der Waals surface area contributed by atoms with Crippen LogP contribution in [-0.4, -0.2) is 35.1 Å². The van der Waals surface area contributed by atoms with Gasteiger partial charge in [0, 0.05) is 24.5 Å². The summed E-state index contributed by atoms with van der Waals surface area (Å²) in [6.45, 7) is 12.8. The first-order chi connectivity index (χ1) is 8.89. The molecule has 0 rings (SSSR count). The Balaban J connectivity index is 4.28. The maximum absolute atomic E-state index is 11.9. The number of amides is 1. The average Bonchev–Trinajstić information content (AvgIpc) is 2.10. The molecule has 0 aromatic rings. The summed E-state index contributed by atoms with van der Waals surface area (Å²) in [6.07, 6.45) is 0.977. The van der Waals surface area contributed by atoms with Gasteiger partial charge >= 0.3 is 5.97 Å². The van der Waals surface area contributed by atoms with Crippen molar-refractivity contribution in [2.24, 2.45) is 5.41 Å². The van der Waals surface area contributed by atoms with Gasteiger partial charge in [0.15, 0.2) is 0 Å². The van der Waals surface area contributed by atoms with Gasteiger partial charge < -0.3 is 15.7 Å². The van der Waals surface area contributed by atoms with Crippen molar-refractivity contribution < 1.29 is 14.7 Å². The molecule has 20 heavy (non-hydrogen) atoms. The van der Waals surface area contributed by atoms with E-state index in [2.05, 4.69) is 10.6 Å². The van der Waals surface area contributed by atoms with Gasteiger partial charge in [-0.25, -0.2) is 0 Å². The Hall–Kier alpha value is -1.10. The number of hydrogen-bond donors (Lipinski definition) is 3. The Morgan fingerprint density at radius 3 is 2.05 bits per heavy atom. The fraction of sp³-hybridized carbons (Fsp3) is 0.867. The molecule has 0 bridgehead atoms. The molecule has 5 nitrogen and oxygen atoms in total. The predicted molar refractivity (Wildman–Crippen MR) is 80.6 cm³/mol. The Morgan fingerprint density at radius 2 is 1.65 bits per heavy atom. The summed E-state index contributed by atoms with van der Waals surface area (Å²) in [5.41, 5.74) is -0.0385. The summed E-state index contributed by atoms with van der Waals surface area (Å²) < 4.78 is 0. The van der Waals surface area contributed by atoms with Crippen molar-refractivity contribution in [1.29, 1.82) is 0 Å². The number of aliphatic carboxylic acids is 1. The highest BCUT2D eigenvalue weighted by atomic mass is 16.4. The lowest BCUT2D eigenvalue weighted by Crippen LogP contribution is -2.42. The van der Waals surface area contributed by atoms with Crippen molar-refractivity contribution >= 4 is 11.9 Å². The second kappa shape index (κ2) is 7.62. The Labute approximate surface area is 122 Å². The van der Waals surface area contributed by atoms with E-state index in [0.717, 1.165) is 0 Å². The van der Waals surface area contributed by atoms with Gasteiger partial charge in [-0.1, -0.05) is 20.8 Å². The van der Waals surface area contributed by atoms with Gasteiger partial charge in [0.1, 0.15) is 0 Å². The number of carbonyl (C=O) groups excluding carboxylic acids is 1. The fourth-order valence-electron chi connectivity index (χ4n) is 1.98. The number of carbonyl (C=O) groups is 2. The molecule has 0 fully saturated rings. The zero-order valence-corrected chi connectivity index (χ0v) is 13.7. The fourth-order valence-corrected chi connectivity index (χ4v) is 1.98. The van der Waals surface area contributed by atoms with E-state index < -0.39 is 5.97 Å². The second-order valence-electron chi connectivity index (χ2n) is 7.55. The van der Waals surface area contributed by atoms with Crippen LogP contribution in [0.1, 0.15) is 60.8 Å². The van der Waals surface area contributed by atoms with E-state index in [9.17, 15) is 9.59 Å². The third-order valence-electron chi connectivity index (χ3n) is 2.65. The third kappa shape index (κ3) is 12.0. The standard InChI is InChI=1S/C15H30N2O3/c1-14(2,3)10-11(9-13(19)20)17-12(18)7-8-16-15(4,5)6/h11,16H,7-10H2,1-6H3,(H,17,18)(H,19,20). The van der Waals surface area contributed by atoms with Crippen LogP contribution in [0.4, 0.5) is 0 Å². The number of hydrogen-bond acceptors (Lipinski definition) is 3. The number of carboxylic acids is 1. The van der Waals surface area contributed by atoms with Crippen LogP contribution in [0.5, 0.6) is 0 Å². The van der Waals surface area contributed by atoms with E-state index in [-0.39, 0.29) is 29.3 Å². The summed E-state index contributed by atoms with van der Waals surface area (Å²) in [4.78, 5) is 22.7.